The SMILES string of the molecule is O=C(NCc1nc(C(=O)O)cs1)c1ccc(Cl)c(Br)c1. The summed E-state index contributed by atoms with van der Waals surface area (Å²) >= 11 is 10.3. The highest BCUT2D eigenvalue weighted by atomic mass is 79.9. The van der Waals surface area contributed by atoms with Gasteiger partial charge in [-0.15, -0.1) is 11.3 Å². The molecule has 0 bridgehead atoms. The molecular formula is C12H8BrClN2O3S. The van der Waals surface area contributed by atoms with E-state index in [9.17, 15) is 9.59 Å². The third-order valence-electron chi connectivity index (χ3n) is 2.35. The molecule has 0 aliphatic carbocycles. The van der Waals surface area contributed by atoms with E-state index in [0.717, 1.165) is 0 Å². The van der Waals surface area contributed by atoms with E-state index in [0.29, 0.717) is 20.1 Å². The zero-order valence-corrected chi connectivity index (χ0v) is 13.1. The molecule has 5 nitrogen and oxygen atoms in total. The van der Waals surface area contributed by atoms with E-state index < -0.39 is 5.97 Å². The predicted molar refractivity (Wildman–Crippen MR) is 79.4 cm³/mol. The van der Waals surface area contributed by atoms with Gasteiger partial charge >= 0.3 is 5.97 Å². The maximum absolute atomic E-state index is 11.9. The zero-order chi connectivity index (χ0) is 14.7. The Morgan fingerprint density at radius 1 is 1.45 bits per heavy atom. The van der Waals surface area contributed by atoms with Crippen molar-refractivity contribution in [2.24, 2.45) is 0 Å². The lowest BCUT2D eigenvalue weighted by atomic mass is 10.2. The Bertz CT molecular complexity index is 674. The Labute approximate surface area is 131 Å². The van der Waals surface area contributed by atoms with Crippen LogP contribution in [0, 0.1) is 0 Å². The fourth-order valence-corrected chi connectivity index (χ4v) is 2.59. The summed E-state index contributed by atoms with van der Waals surface area (Å²) in [7, 11) is 0. The monoisotopic (exact) mass is 374 g/mol. The fourth-order valence-electron chi connectivity index (χ4n) is 1.39. The van der Waals surface area contributed by atoms with Gasteiger partial charge in [0.15, 0.2) is 5.69 Å². The van der Waals surface area contributed by atoms with Crippen LogP contribution in [0.2, 0.25) is 5.02 Å². The number of carboxylic acids is 1. The number of hydrogen-bond acceptors (Lipinski definition) is 4. The van der Waals surface area contributed by atoms with E-state index in [-0.39, 0.29) is 18.1 Å². The predicted octanol–water partition coefficient (Wildman–Crippen LogP) is 3.19. The summed E-state index contributed by atoms with van der Waals surface area (Å²) in [5.74, 6) is -1.37. The lowest BCUT2D eigenvalue weighted by molar-refractivity contribution is 0.0691. The van der Waals surface area contributed by atoms with E-state index in [1.807, 2.05) is 0 Å². The maximum Gasteiger partial charge on any atom is 0.355 e. The van der Waals surface area contributed by atoms with Gasteiger partial charge in [0, 0.05) is 15.4 Å². The minimum Gasteiger partial charge on any atom is -0.476 e. The zero-order valence-electron chi connectivity index (χ0n) is 9.89. The Balaban J connectivity index is 2.00. The molecule has 0 saturated carbocycles. The first-order valence-electron chi connectivity index (χ1n) is 5.38. The van der Waals surface area contributed by atoms with Gasteiger partial charge in [-0.3, -0.25) is 4.79 Å². The summed E-state index contributed by atoms with van der Waals surface area (Å²) in [6.45, 7) is 0.178. The molecule has 1 aromatic heterocycles. The first-order valence-corrected chi connectivity index (χ1v) is 7.43. The number of carbonyl (C=O) groups excluding carboxylic acids is 1. The molecule has 0 fully saturated rings. The van der Waals surface area contributed by atoms with Crippen LogP contribution in [0.4, 0.5) is 0 Å². The summed E-state index contributed by atoms with van der Waals surface area (Å²) in [5.41, 5.74) is 0.435. The first kappa shape index (κ1) is 15.0. The number of nitrogens with zero attached hydrogens (tertiary/aromatic N) is 1. The number of thiazole rings is 1. The summed E-state index contributed by atoms with van der Waals surface area (Å²) in [5, 5.41) is 13.9. The Morgan fingerprint density at radius 3 is 2.80 bits per heavy atom. The third kappa shape index (κ3) is 3.56. The second-order valence-electron chi connectivity index (χ2n) is 3.74. The summed E-state index contributed by atoms with van der Waals surface area (Å²) in [6.07, 6.45) is 0. The molecule has 104 valence electrons. The van der Waals surface area contributed by atoms with Gasteiger partial charge in [0.05, 0.1) is 11.6 Å². The molecule has 0 aliphatic rings. The first-order chi connectivity index (χ1) is 9.47. The van der Waals surface area contributed by atoms with Crippen molar-refractivity contribution in [2.45, 2.75) is 6.54 Å². The van der Waals surface area contributed by atoms with Crippen LogP contribution in [0.15, 0.2) is 28.1 Å². The molecule has 0 spiro atoms. The summed E-state index contributed by atoms with van der Waals surface area (Å²) in [6, 6.07) is 4.83. The number of carboxylic acid groups (broad SMARTS) is 1. The van der Waals surface area contributed by atoms with Crippen LogP contribution in [0.3, 0.4) is 0 Å². The standard InChI is InChI=1S/C12H8BrClN2O3S/c13-7-3-6(1-2-8(7)14)11(17)15-4-10-16-9(5-20-10)12(18)19/h1-3,5H,4H2,(H,15,17)(H,18,19). The Morgan fingerprint density at radius 2 is 2.20 bits per heavy atom. The van der Waals surface area contributed by atoms with Gasteiger partial charge in [-0.05, 0) is 34.1 Å². The van der Waals surface area contributed by atoms with Gasteiger partial charge < -0.3 is 10.4 Å². The maximum atomic E-state index is 11.9. The highest BCUT2D eigenvalue weighted by Crippen LogP contribution is 2.23. The van der Waals surface area contributed by atoms with Crippen LogP contribution >= 0.6 is 38.9 Å². The molecule has 2 rings (SSSR count). The van der Waals surface area contributed by atoms with E-state index in [1.165, 1.54) is 16.7 Å². The van der Waals surface area contributed by atoms with Crippen LogP contribution in [-0.4, -0.2) is 22.0 Å². The van der Waals surface area contributed by atoms with Gasteiger partial charge in [0.2, 0.25) is 0 Å². The van der Waals surface area contributed by atoms with Crippen LogP contribution in [0.25, 0.3) is 0 Å². The van der Waals surface area contributed by atoms with Gasteiger partial charge in [-0.25, -0.2) is 9.78 Å². The number of rotatable bonds is 4. The van der Waals surface area contributed by atoms with Gasteiger partial charge in [0.25, 0.3) is 5.91 Å². The molecule has 0 radical (unpaired) electrons. The van der Waals surface area contributed by atoms with Gasteiger partial charge in [-0.2, -0.15) is 0 Å². The van der Waals surface area contributed by atoms with Crippen molar-refractivity contribution in [1.82, 2.24) is 10.3 Å². The van der Waals surface area contributed by atoms with E-state index in [1.54, 1.807) is 18.2 Å². The number of benzene rings is 1. The third-order valence-corrected chi connectivity index (χ3v) is 4.42. The largest absolute Gasteiger partial charge is 0.476 e. The molecule has 8 heteroatoms. The highest BCUT2D eigenvalue weighted by Gasteiger charge is 2.11. The number of amides is 1. The normalized spacial score (nSPS) is 10.3. The number of halogens is 2. The van der Waals surface area contributed by atoms with Crippen molar-refractivity contribution in [3.63, 3.8) is 0 Å². The molecule has 0 aliphatic heterocycles. The van der Waals surface area contributed by atoms with E-state index >= 15 is 0 Å². The molecular weight excluding hydrogens is 368 g/mol. The quantitative estimate of drug-likeness (QED) is 0.860. The van der Waals surface area contributed by atoms with E-state index in [4.69, 9.17) is 16.7 Å². The van der Waals surface area contributed by atoms with Crippen molar-refractivity contribution < 1.29 is 14.7 Å². The molecule has 1 heterocycles. The van der Waals surface area contributed by atoms with Crippen LogP contribution in [0.5, 0.6) is 0 Å². The molecule has 1 aromatic carbocycles. The lowest BCUT2D eigenvalue weighted by Crippen LogP contribution is -2.22. The van der Waals surface area contributed by atoms with Crippen molar-refractivity contribution in [1.29, 1.82) is 0 Å². The molecule has 0 unspecified atom stereocenters. The number of aromatic nitrogens is 1. The van der Waals surface area contributed by atoms with Crippen LogP contribution < -0.4 is 5.32 Å². The minimum absolute atomic E-state index is 0.0199. The second-order valence-corrected chi connectivity index (χ2v) is 5.95. The van der Waals surface area contributed by atoms with Crippen LogP contribution in [-0.2, 0) is 6.54 Å². The van der Waals surface area contributed by atoms with Crippen molar-refractivity contribution in [3.05, 3.63) is 49.3 Å². The average molecular weight is 376 g/mol. The van der Waals surface area contributed by atoms with Crippen molar-refractivity contribution in [3.8, 4) is 0 Å². The Hall–Kier alpha value is -1.44. The highest BCUT2D eigenvalue weighted by molar-refractivity contribution is 9.10. The van der Waals surface area contributed by atoms with Gasteiger partial charge in [-0.1, -0.05) is 11.6 Å². The number of nitrogens with one attached hydrogen (secondary N) is 1. The summed E-state index contributed by atoms with van der Waals surface area (Å²) < 4.78 is 0.634. The fraction of sp³-hybridized carbons (Fsp3) is 0.0833. The summed E-state index contributed by atoms with van der Waals surface area (Å²) in [4.78, 5) is 26.5. The molecule has 1 amide bonds. The molecule has 2 aromatic rings. The van der Waals surface area contributed by atoms with Crippen LogP contribution in [0.1, 0.15) is 25.9 Å². The molecule has 20 heavy (non-hydrogen) atoms. The second kappa shape index (κ2) is 6.34. The number of hydrogen-bond donors (Lipinski definition) is 2. The van der Waals surface area contributed by atoms with Crippen molar-refractivity contribution >= 4 is 50.7 Å². The number of carbonyl (C=O) groups is 2. The lowest BCUT2D eigenvalue weighted by Gasteiger charge is -2.04. The topological polar surface area (TPSA) is 79.3 Å². The Kier molecular flexibility index (Phi) is 4.74. The van der Waals surface area contributed by atoms with Crippen molar-refractivity contribution in [2.75, 3.05) is 0 Å². The average Bonchev–Trinajstić information content (AvgIpc) is 2.88. The van der Waals surface area contributed by atoms with E-state index in [2.05, 4.69) is 26.2 Å². The molecule has 0 saturated heterocycles. The van der Waals surface area contributed by atoms with Gasteiger partial charge in [0.1, 0.15) is 5.01 Å². The minimum atomic E-state index is -1.08. The molecule has 2 N–H and O–H groups in total. The smallest absolute Gasteiger partial charge is 0.355 e. The molecule has 0 atom stereocenters. The number of aromatic carboxylic acids is 1.